The fourth-order valence-corrected chi connectivity index (χ4v) is 0.258. The van der Waals surface area contributed by atoms with E-state index < -0.39 is 18.4 Å². The van der Waals surface area contributed by atoms with Gasteiger partial charge < -0.3 is 13.1 Å². The molecular weight excluding hydrogens is 202 g/mol. The summed E-state index contributed by atoms with van der Waals surface area (Å²) in [6.45, 7) is 3.01. The van der Waals surface area contributed by atoms with Crippen molar-refractivity contribution >= 4 is 11.9 Å². The van der Waals surface area contributed by atoms with E-state index in [1.54, 1.807) is 0 Å². The Morgan fingerprint density at radius 3 is 1.73 bits per heavy atom. The Labute approximate surface area is 152 Å². The Morgan fingerprint density at radius 2 is 1.64 bits per heavy atom. The van der Waals surface area contributed by atoms with E-state index in [1.165, 1.54) is 0 Å². The molecule has 0 aliphatic carbocycles. The first-order chi connectivity index (χ1) is 4.04. The third-order valence-corrected chi connectivity index (χ3v) is 0.667. The molecule has 0 bridgehead atoms. The van der Waals surface area contributed by atoms with Crippen molar-refractivity contribution in [1.29, 1.82) is 0 Å². The normalized spacial score (nSPS) is 6.91. The molecule has 11 heavy (non-hydrogen) atoms. The van der Waals surface area contributed by atoms with Crippen molar-refractivity contribution < 1.29 is 125 Å². The van der Waals surface area contributed by atoms with Gasteiger partial charge in [0.05, 0.1) is 6.42 Å². The third-order valence-electron chi connectivity index (χ3n) is 0.667. The summed E-state index contributed by atoms with van der Waals surface area (Å²) in [5, 5.41) is 16.1. The molecule has 0 spiro atoms. The minimum Gasteiger partial charge on any atom is -1.00 e. The molecule has 0 radical (unpaired) electrons. The predicted octanol–water partition coefficient (Wildman–Crippen LogP) is -5.67. The van der Waals surface area contributed by atoms with Gasteiger partial charge in [0.2, 0.25) is 0 Å². The maximum absolute atomic E-state index is 9.87. The Bertz CT molecular complexity index is 174. The van der Waals surface area contributed by atoms with Gasteiger partial charge >= 0.3 is 115 Å². The third kappa shape index (κ3) is 12.0. The number of carboxylic acid groups (broad SMARTS) is 2. The van der Waals surface area contributed by atoms with E-state index in [4.69, 9.17) is 10.2 Å². The van der Waals surface area contributed by atoms with Crippen molar-refractivity contribution in [3.8, 4) is 0 Å². The molecule has 0 saturated carbocycles. The molecule has 0 aliphatic rings. The first kappa shape index (κ1) is 18.7. The van der Waals surface area contributed by atoms with Gasteiger partial charge in [-0.2, -0.15) is 0 Å². The standard InChI is InChI=1S/C5H6O4.2K.2H/c1-3(5(8)9)2-4(6)7;;;;/h1-2H2,(H,6,7)(H,8,9);;;;/q;2*+1;2*-1. The topological polar surface area (TPSA) is 74.6 Å². The van der Waals surface area contributed by atoms with Crippen LogP contribution in [0, 0.1) is 0 Å². The van der Waals surface area contributed by atoms with Crippen molar-refractivity contribution in [1.82, 2.24) is 0 Å². The molecule has 54 valence electrons. The molecule has 0 unspecified atom stereocenters. The second-order valence-corrected chi connectivity index (χ2v) is 1.48. The summed E-state index contributed by atoms with van der Waals surface area (Å²) in [5.74, 6) is -2.44. The van der Waals surface area contributed by atoms with Crippen LogP contribution < -0.4 is 103 Å². The van der Waals surface area contributed by atoms with Crippen molar-refractivity contribution in [2.75, 3.05) is 0 Å². The molecule has 0 saturated heterocycles. The minimum atomic E-state index is -1.27. The zero-order valence-corrected chi connectivity index (χ0v) is 12.9. The Balaban J connectivity index is -0.0000000533. The maximum Gasteiger partial charge on any atom is 1.00 e. The zero-order chi connectivity index (χ0) is 7.44. The molecule has 6 heteroatoms. The monoisotopic (exact) mass is 210 g/mol. The summed E-state index contributed by atoms with van der Waals surface area (Å²) in [7, 11) is 0. The van der Waals surface area contributed by atoms with E-state index >= 15 is 0 Å². The number of hydrogen-bond donors (Lipinski definition) is 2. The predicted molar refractivity (Wildman–Crippen MR) is 31.3 cm³/mol. The van der Waals surface area contributed by atoms with Crippen LogP contribution in [0.1, 0.15) is 9.27 Å². The van der Waals surface area contributed by atoms with E-state index in [9.17, 15) is 9.59 Å². The maximum atomic E-state index is 9.87. The fraction of sp³-hybridized carbons (Fsp3) is 0.200. The summed E-state index contributed by atoms with van der Waals surface area (Å²) in [6, 6.07) is 0. The van der Waals surface area contributed by atoms with Crippen LogP contribution >= 0.6 is 0 Å². The van der Waals surface area contributed by atoms with Gasteiger partial charge in [-0.15, -0.1) is 0 Å². The first-order valence-corrected chi connectivity index (χ1v) is 2.17. The molecule has 0 rings (SSSR count). The average molecular weight is 210 g/mol. The molecule has 0 heterocycles. The van der Waals surface area contributed by atoms with Crippen LogP contribution in [0.2, 0.25) is 0 Å². The van der Waals surface area contributed by atoms with Crippen molar-refractivity contribution in [3.63, 3.8) is 0 Å². The van der Waals surface area contributed by atoms with Gasteiger partial charge in [-0.25, -0.2) is 4.79 Å². The van der Waals surface area contributed by atoms with Crippen LogP contribution in [0.25, 0.3) is 0 Å². The van der Waals surface area contributed by atoms with E-state index in [0.717, 1.165) is 0 Å². The first-order valence-electron chi connectivity index (χ1n) is 2.17. The number of aliphatic carboxylic acids is 2. The molecule has 0 fully saturated rings. The molecule has 0 aromatic rings. The van der Waals surface area contributed by atoms with Gasteiger partial charge in [0.25, 0.3) is 0 Å². The average Bonchev–Trinajstić information content (AvgIpc) is 1.63. The van der Waals surface area contributed by atoms with Gasteiger partial charge in [-0.05, 0) is 0 Å². The smallest absolute Gasteiger partial charge is 1.00 e. The van der Waals surface area contributed by atoms with Gasteiger partial charge in [-0.1, -0.05) is 6.58 Å². The molecule has 0 atom stereocenters. The van der Waals surface area contributed by atoms with Crippen LogP contribution in [0.15, 0.2) is 12.2 Å². The van der Waals surface area contributed by atoms with E-state index in [1.807, 2.05) is 0 Å². The molecule has 0 aromatic carbocycles. The Morgan fingerprint density at radius 1 is 1.27 bits per heavy atom. The second-order valence-electron chi connectivity index (χ2n) is 1.48. The Kier molecular flexibility index (Phi) is 17.0. The van der Waals surface area contributed by atoms with Crippen LogP contribution in [0.5, 0.6) is 0 Å². The molecule has 0 aromatic heterocycles. The summed E-state index contributed by atoms with van der Waals surface area (Å²) in [4.78, 5) is 19.7. The largest absolute Gasteiger partial charge is 1.00 e. The van der Waals surface area contributed by atoms with Crippen LogP contribution in [-0.4, -0.2) is 22.2 Å². The number of hydrogen-bond acceptors (Lipinski definition) is 2. The number of carbonyl (C=O) groups is 2. The van der Waals surface area contributed by atoms with Crippen molar-refractivity contribution in [2.45, 2.75) is 6.42 Å². The van der Waals surface area contributed by atoms with E-state index in [-0.39, 0.29) is 111 Å². The van der Waals surface area contributed by atoms with Crippen molar-refractivity contribution in [3.05, 3.63) is 12.2 Å². The quantitative estimate of drug-likeness (QED) is 0.360. The molecule has 2 N–H and O–H groups in total. The number of carboxylic acids is 2. The number of rotatable bonds is 3. The molecule has 0 amide bonds. The Hall–Kier alpha value is 1.95. The van der Waals surface area contributed by atoms with Crippen LogP contribution in [-0.2, 0) is 9.59 Å². The molecular formula is C5H8K2O4. The summed E-state index contributed by atoms with van der Waals surface area (Å²) in [5.41, 5.74) is -0.303. The fourth-order valence-electron chi connectivity index (χ4n) is 0.258. The summed E-state index contributed by atoms with van der Waals surface area (Å²) in [6.07, 6.45) is -0.505. The SMILES string of the molecule is C=C(CC(=O)O)C(=O)O.[H-].[H-].[K+].[K+]. The van der Waals surface area contributed by atoms with Gasteiger partial charge in [0, 0.05) is 5.57 Å². The van der Waals surface area contributed by atoms with Gasteiger partial charge in [0.15, 0.2) is 0 Å². The zero-order valence-electron chi connectivity index (χ0n) is 8.63. The molecule has 4 nitrogen and oxygen atoms in total. The van der Waals surface area contributed by atoms with E-state index in [0.29, 0.717) is 0 Å². The summed E-state index contributed by atoms with van der Waals surface area (Å²) < 4.78 is 0. The van der Waals surface area contributed by atoms with Crippen LogP contribution in [0.3, 0.4) is 0 Å². The van der Waals surface area contributed by atoms with Crippen molar-refractivity contribution in [2.24, 2.45) is 0 Å². The van der Waals surface area contributed by atoms with E-state index in [2.05, 4.69) is 6.58 Å². The van der Waals surface area contributed by atoms with Gasteiger partial charge in [0.1, 0.15) is 0 Å². The summed E-state index contributed by atoms with van der Waals surface area (Å²) >= 11 is 0. The van der Waals surface area contributed by atoms with Gasteiger partial charge in [-0.3, -0.25) is 4.79 Å². The second kappa shape index (κ2) is 10.0. The molecule has 0 aliphatic heterocycles. The van der Waals surface area contributed by atoms with Crippen LogP contribution in [0.4, 0.5) is 0 Å². The minimum absolute atomic E-state index is 0.